The molecule has 0 atom stereocenters. The van der Waals surface area contributed by atoms with E-state index in [1.807, 2.05) is 12.1 Å². The highest BCUT2D eigenvalue weighted by Crippen LogP contribution is 2.30. The van der Waals surface area contributed by atoms with Crippen LogP contribution in [-0.4, -0.2) is 80.1 Å². The number of hydrogen-bond donors (Lipinski definition) is 2. The second-order valence-corrected chi connectivity index (χ2v) is 9.99. The number of nitrogens with zero attached hydrogens (tertiary/aromatic N) is 3. The Morgan fingerprint density at radius 1 is 0.842 bits per heavy atom. The maximum Gasteiger partial charge on any atom is 0.321 e. The van der Waals surface area contributed by atoms with Crippen LogP contribution in [0.4, 0.5) is 26.2 Å². The van der Waals surface area contributed by atoms with E-state index < -0.39 is 5.82 Å². The summed E-state index contributed by atoms with van der Waals surface area (Å²) in [4.78, 5) is 44.6. The van der Waals surface area contributed by atoms with Gasteiger partial charge in [0, 0.05) is 56.6 Å². The molecule has 9 nitrogen and oxygen atoms in total. The molecule has 10 heteroatoms. The Labute approximate surface area is 221 Å². The molecule has 0 spiro atoms. The highest BCUT2D eigenvalue weighted by Gasteiger charge is 2.28. The molecule has 202 valence electrons. The maximum absolute atomic E-state index is 14.0. The number of morpholine rings is 1. The van der Waals surface area contributed by atoms with Gasteiger partial charge in [0.2, 0.25) is 5.91 Å². The molecule has 1 saturated carbocycles. The fourth-order valence-corrected chi connectivity index (χ4v) is 5.03. The summed E-state index contributed by atoms with van der Waals surface area (Å²) in [5.41, 5.74) is 2.07. The Morgan fingerprint density at radius 2 is 1.63 bits per heavy atom. The van der Waals surface area contributed by atoms with Crippen LogP contribution in [0.2, 0.25) is 0 Å². The molecule has 3 aliphatic rings. The molecule has 0 unspecified atom stereocenters. The number of para-hydroxylation sites is 1. The number of ether oxygens (including phenoxy) is 1. The summed E-state index contributed by atoms with van der Waals surface area (Å²) in [6, 6.07) is 11.3. The van der Waals surface area contributed by atoms with E-state index >= 15 is 0 Å². The van der Waals surface area contributed by atoms with Crippen molar-refractivity contribution in [3.05, 3.63) is 53.8 Å². The number of anilines is 3. The van der Waals surface area contributed by atoms with Crippen molar-refractivity contribution in [3.63, 3.8) is 0 Å². The minimum atomic E-state index is -0.479. The quantitative estimate of drug-likeness (QED) is 0.622. The minimum absolute atomic E-state index is 0.0000472. The lowest BCUT2D eigenvalue weighted by atomic mass is 9.85. The fourth-order valence-electron chi connectivity index (χ4n) is 5.03. The van der Waals surface area contributed by atoms with Gasteiger partial charge in [0.1, 0.15) is 5.82 Å². The summed E-state index contributed by atoms with van der Waals surface area (Å²) in [6.45, 7) is 4.12. The SMILES string of the molecule is O=C(Nc1ccc(N2CCCN(C(=O)Nc3ccccc3F)CC2)c(C(=O)N2CCOCC2)c1)C1CCC1. The number of rotatable bonds is 5. The lowest BCUT2D eigenvalue weighted by molar-refractivity contribution is -0.122. The number of amides is 4. The molecule has 2 heterocycles. The summed E-state index contributed by atoms with van der Waals surface area (Å²) in [5, 5.41) is 5.65. The van der Waals surface area contributed by atoms with E-state index in [1.54, 1.807) is 28.0 Å². The van der Waals surface area contributed by atoms with Gasteiger partial charge in [0.15, 0.2) is 0 Å². The third-order valence-corrected chi connectivity index (χ3v) is 7.51. The molecule has 0 radical (unpaired) electrons. The minimum Gasteiger partial charge on any atom is -0.378 e. The van der Waals surface area contributed by atoms with Gasteiger partial charge in [-0.05, 0) is 49.6 Å². The molecular formula is C28H34FN5O4. The Balaban J connectivity index is 1.32. The highest BCUT2D eigenvalue weighted by molar-refractivity contribution is 6.02. The van der Waals surface area contributed by atoms with Crippen molar-refractivity contribution < 1.29 is 23.5 Å². The van der Waals surface area contributed by atoms with Gasteiger partial charge in [0.05, 0.1) is 24.5 Å². The van der Waals surface area contributed by atoms with Crippen LogP contribution in [0.1, 0.15) is 36.0 Å². The Morgan fingerprint density at radius 3 is 2.37 bits per heavy atom. The number of urea groups is 1. The molecule has 2 aromatic carbocycles. The third-order valence-electron chi connectivity index (χ3n) is 7.51. The zero-order valence-corrected chi connectivity index (χ0v) is 21.5. The summed E-state index contributed by atoms with van der Waals surface area (Å²) in [7, 11) is 0. The number of benzene rings is 2. The first kappa shape index (κ1) is 26.0. The second-order valence-electron chi connectivity index (χ2n) is 9.99. The van der Waals surface area contributed by atoms with Crippen LogP contribution in [0, 0.1) is 11.7 Å². The van der Waals surface area contributed by atoms with Crippen LogP contribution in [0.3, 0.4) is 0 Å². The van der Waals surface area contributed by atoms with Crippen LogP contribution in [0.5, 0.6) is 0 Å². The predicted molar refractivity (Wildman–Crippen MR) is 143 cm³/mol. The van der Waals surface area contributed by atoms with Crippen molar-refractivity contribution in [2.75, 3.05) is 68.0 Å². The molecule has 2 saturated heterocycles. The van der Waals surface area contributed by atoms with Crippen molar-refractivity contribution >= 4 is 34.9 Å². The van der Waals surface area contributed by atoms with Crippen molar-refractivity contribution in [1.82, 2.24) is 9.80 Å². The van der Waals surface area contributed by atoms with E-state index in [2.05, 4.69) is 15.5 Å². The van der Waals surface area contributed by atoms with E-state index in [0.29, 0.717) is 70.2 Å². The first-order valence-electron chi connectivity index (χ1n) is 13.4. The van der Waals surface area contributed by atoms with Gasteiger partial charge in [-0.15, -0.1) is 0 Å². The highest BCUT2D eigenvalue weighted by atomic mass is 19.1. The van der Waals surface area contributed by atoms with Gasteiger partial charge in [-0.3, -0.25) is 9.59 Å². The Bertz CT molecular complexity index is 1180. The Hall–Kier alpha value is -3.66. The molecule has 4 amide bonds. The molecule has 2 N–H and O–H groups in total. The summed E-state index contributed by atoms with van der Waals surface area (Å²) < 4.78 is 19.4. The summed E-state index contributed by atoms with van der Waals surface area (Å²) in [6.07, 6.45) is 3.56. The van der Waals surface area contributed by atoms with Gasteiger partial charge in [-0.2, -0.15) is 0 Å². The Kier molecular flexibility index (Phi) is 8.07. The second kappa shape index (κ2) is 11.8. The van der Waals surface area contributed by atoms with Crippen molar-refractivity contribution in [2.45, 2.75) is 25.7 Å². The van der Waals surface area contributed by atoms with Crippen molar-refractivity contribution in [2.24, 2.45) is 5.92 Å². The van der Waals surface area contributed by atoms with E-state index in [9.17, 15) is 18.8 Å². The first-order valence-corrected chi connectivity index (χ1v) is 13.4. The standard InChI is InChI=1S/C28H34FN5O4/c29-23-7-1-2-8-24(23)31-28(37)34-12-4-11-32(13-14-34)25-10-9-21(30-26(35)20-5-3-6-20)19-22(25)27(36)33-15-17-38-18-16-33/h1-2,7-10,19-20H,3-6,11-18H2,(H,30,35)(H,31,37). The topological polar surface area (TPSA) is 94.2 Å². The fraction of sp³-hybridized carbons (Fsp3) is 0.464. The molecule has 38 heavy (non-hydrogen) atoms. The molecule has 5 rings (SSSR count). The van der Waals surface area contributed by atoms with Gasteiger partial charge in [0.25, 0.3) is 5.91 Å². The normalized spacial score (nSPS) is 18.4. The number of carbonyl (C=O) groups is 3. The molecule has 2 aromatic rings. The lowest BCUT2D eigenvalue weighted by Gasteiger charge is -2.31. The molecular weight excluding hydrogens is 489 g/mol. The molecule has 0 bridgehead atoms. The van der Waals surface area contributed by atoms with E-state index in [-0.39, 0.29) is 29.5 Å². The maximum atomic E-state index is 14.0. The van der Waals surface area contributed by atoms with E-state index in [0.717, 1.165) is 24.9 Å². The van der Waals surface area contributed by atoms with Crippen LogP contribution in [-0.2, 0) is 9.53 Å². The van der Waals surface area contributed by atoms with Crippen LogP contribution >= 0.6 is 0 Å². The van der Waals surface area contributed by atoms with Crippen LogP contribution in [0.15, 0.2) is 42.5 Å². The zero-order chi connectivity index (χ0) is 26.5. The molecule has 2 aliphatic heterocycles. The average Bonchev–Trinajstić information content (AvgIpc) is 3.15. The summed E-state index contributed by atoms with van der Waals surface area (Å²) >= 11 is 0. The van der Waals surface area contributed by atoms with Gasteiger partial charge in [-0.1, -0.05) is 18.6 Å². The summed E-state index contributed by atoms with van der Waals surface area (Å²) in [5.74, 6) is -0.533. The van der Waals surface area contributed by atoms with Gasteiger partial charge >= 0.3 is 6.03 Å². The van der Waals surface area contributed by atoms with E-state index in [4.69, 9.17) is 4.74 Å². The smallest absolute Gasteiger partial charge is 0.321 e. The number of carbonyl (C=O) groups excluding carboxylic acids is 3. The number of halogens is 1. The van der Waals surface area contributed by atoms with Crippen molar-refractivity contribution in [1.29, 1.82) is 0 Å². The van der Waals surface area contributed by atoms with Gasteiger partial charge < -0.3 is 30.1 Å². The van der Waals surface area contributed by atoms with Gasteiger partial charge in [-0.25, -0.2) is 9.18 Å². The van der Waals surface area contributed by atoms with Crippen LogP contribution < -0.4 is 15.5 Å². The lowest BCUT2D eigenvalue weighted by Crippen LogP contribution is -2.42. The largest absolute Gasteiger partial charge is 0.378 e. The number of nitrogens with one attached hydrogen (secondary N) is 2. The monoisotopic (exact) mass is 523 g/mol. The average molecular weight is 524 g/mol. The molecule has 0 aromatic heterocycles. The van der Waals surface area contributed by atoms with E-state index in [1.165, 1.54) is 12.1 Å². The predicted octanol–water partition coefficient (Wildman–Crippen LogP) is 3.78. The van der Waals surface area contributed by atoms with Crippen molar-refractivity contribution in [3.8, 4) is 0 Å². The zero-order valence-electron chi connectivity index (χ0n) is 21.5. The third kappa shape index (κ3) is 5.91. The van der Waals surface area contributed by atoms with Crippen LogP contribution in [0.25, 0.3) is 0 Å². The molecule has 3 fully saturated rings. The first-order chi connectivity index (χ1) is 18.5. The number of hydrogen-bond acceptors (Lipinski definition) is 5. The molecule has 1 aliphatic carbocycles.